The number of carbonyl (C=O) groups is 8. The zero-order valence-corrected chi connectivity index (χ0v) is 37.5. The molecule has 3 aliphatic heterocycles. The molecule has 2 saturated heterocycles. The second-order valence-corrected chi connectivity index (χ2v) is 21.4. The Morgan fingerprint density at radius 1 is 0.852 bits per heavy atom. The zero-order chi connectivity index (χ0) is 44.6. The van der Waals surface area contributed by atoms with Gasteiger partial charge in [-0.2, -0.15) is 0 Å². The highest BCUT2D eigenvalue weighted by Crippen LogP contribution is 2.39. The minimum absolute atomic E-state index is 0.00492. The van der Waals surface area contributed by atoms with Crippen LogP contribution in [-0.4, -0.2) is 106 Å². The summed E-state index contributed by atoms with van der Waals surface area (Å²) in [5, 5.41) is 5.80. The maximum atomic E-state index is 14.9. The second-order valence-electron chi connectivity index (χ2n) is 21.4. The lowest BCUT2D eigenvalue weighted by molar-refractivity contribution is -0.153. The second kappa shape index (κ2) is 18.0. The SMILES string of the molecule is CC1(C)CC(=O)N(C[C@@H](NC(=O)N[C@H](C(=O)N2C[C@H](OC(=O)N3CCc4ccccc4C3)C[C@H]2C(=O)CC(CC2CC2)C(=O)C(=O)CC2CC2)C(C)(C)C)C(C)(C)C)C(=O)C1. The lowest BCUT2D eigenvalue weighted by atomic mass is 9.80. The van der Waals surface area contributed by atoms with Crippen LogP contribution in [0.4, 0.5) is 9.59 Å². The van der Waals surface area contributed by atoms with Crippen molar-refractivity contribution in [2.45, 2.75) is 157 Å². The van der Waals surface area contributed by atoms with Crippen LogP contribution in [0.15, 0.2) is 24.3 Å². The molecule has 2 saturated carbocycles. The Kier molecular flexibility index (Phi) is 13.5. The fourth-order valence-electron chi connectivity index (χ4n) is 8.91. The highest BCUT2D eigenvalue weighted by Gasteiger charge is 2.48. The van der Waals surface area contributed by atoms with Crippen molar-refractivity contribution in [3.05, 3.63) is 35.4 Å². The Bertz CT molecular complexity index is 1880. The lowest BCUT2D eigenvalue weighted by Crippen LogP contribution is -2.62. The summed E-state index contributed by atoms with van der Waals surface area (Å²) in [4.78, 5) is 114. The molecule has 0 spiro atoms. The fourth-order valence-corrected chi connectivity index (χ4v) is 8.91. The van der Waals surface area contributed by atoms with Crippen LogP contribution in [0.5, 0.6) is 0 Å². The molecule has 5 atom stereocenters. The van der Waals surface area contributed by atoms with E-state index < -0.39 is 76.0 Å². The first-order chi connectivity index (χ1) is 28.5. The van der Waals surface area contributed by atoms with Gasteiger partial charge < -0.3 is 25.2 Å². The van der Waals surface area contributed by atoms with Crippen molar-refractivity contribution in [3.8, 4) is 0 Å². The smallest absolute Gasteiger partial charge is 0.410 e. The summed E-state index contributed by atoms with van der Waals surface area (Å²) in [7, 11) is 0. The number of piperidine rings is 1. The standard InChI is InChI=1S/C47H67N5O9/c1-45(2,3)37(27-52-38(55)23-47(7,8)24-39(52)56)48-43(59)49-41(46(4,5)6)42(58)51-26-33(61-44(60)50-18-17-30-11-9-10-12-31(30)25-50)22-34(51)35(53)21-32(19-28-13-14-28)40(57)36(54)20-29-15-16-29/h9-12,28-29,32-34,37,41H,13-27H2,1-8H3,(H2,48,49,59)/t32?,33-,34+,37-,41-/m1/s1. The first-order valence-electron chi connectivity index (χ1n) is 22.3. The van der Waals surface area contributed by atoms with Crippen LogP contribution in [-0.2, 0) is 46.5 Å². The van der Waals surface area contributed by atoms with Crippen molar-refractivity contribution in [2.75, 3.05) is 19.6 Å². The number of benzene rings is 1. The van der Waals surface area contributed by atoms with Gasteiger partial charge in [0, 0.05) is 57.7 Å². The lowest BCUT2D eigenvalue weighted by Gasteiger charge is -2.40. The Balaban J connectivity index is 1.20. The van der Waals surface area contributed by atoms with Gasteiger partial charge in [0.2, 0.25) is 23.5 Å². The molecular formula is C47H67N5O9. The summed E-state index contributed by atoms with van der Waals surface area (Å²) in [6.07, 6.45) is 3.79. The van der Waals surface area contributed by atoms with Crippen molar-refractivity contribution in [1.82, 2.24) is 25.3 Å². The average Bonchev–Trinajstić information content (AvgIpc) is 4.11. The van der Waals surface area contributed by atoms with Gasteiger partial charge in [0.05, 0.1) is 18.6 Å². The maximum Gasteiger partial charge on any atom is 0.410 e. The number of Topliss-reactive ketones (excluding diaryl/α,β-unsaturated/α-hetero) is 3. The number of urea groups is 1. The summed E-state index contributed by atoms with van der Waals surface area (Å²) in [5.41, 5.74) is 0.255. The first kappa shape index (κ1) is 45.9. The minimum atomic E-state index is -1.17. The Labute approximate surface area is 360 Å². The summed E-state index contributed by atoms with van der Waals surface area (Å²) in [5.74, 6) is -2.82. The van der Waals surface area contributed by atoms with Gasteiger partial charge in [-0.25, -0.2) is 9.59 Å². The van der Waals surface area contributed by atoms with Crippen molar-refractivity contribution in [1.29, 1.82) is 0 Å². The van der Waals surface area contributed by atoms with Crippen LogP contribution in [0.2, 0.25) is 0 Å². The molecule has 6 rings (SSSR count). The monoisotopic (exact) mass is 845 g/mol. The number of imide groups is 1. The molecule has 0 radical (unpaired) electrons. The van der Waals surface area contributed by atoms with Gasteiger partial charge in [0.15, 0.2) is 11.6 Å². The number of hydrogen-bond acceptors (Lipinski definition) is 9. The third kappa shape index (κ3) is 11.9. The highest BCUT2D eigenvalue weighted by molar-refractivity contribution is 6.38. The minimum Gasteiger partial charge on any atom is -0.444 e. The Morgan fingerprint density at radius 2 is 1.48 bits per heavy atom. The van der Waals surface area contributed by atoms with Gasteiger partial charge in [-0.3, -0.25) is 33.7 Å². The largest absolute Gasteiger partial charge is 0.444 e. The maximum absolute atomic E-state index is 14.9. The summed E-state index contributed by atoms with van der Waals surface area (Å²) in [6, 6.07) is 4.30. The fraction of sp³-hybridized carbons (Fsp3) is 0.702. The number of amides is 6. The van der Waals surface area contributed by atoms with Crippen LogP contribution in [0, 0.1) is 34.0 Å². The number of likely N-dealkylation sites (tertiary alicyclic amines) is 2. The normalized spacial score (nSPS) is 23.1. The molecule has 1 aromatic rings. The average molecular weight is 846 g/mol. The van der Waals surface area contributed by atoms with Crippen LogP contribution in [0.25, 0.3) is 0 Å². The van der Waals surface area contributed by atoms with Gasteiger partial charge in [-0.1, -0.05) is 92.5 Å². The molecule has 61 heavy (non-hydrogen) atoms. The van der Waals surface area contributed by atoms with Gasteiger partial charge in [0.1, 0.15) is 12.1 Å². The third-order valence-electron chi connectivity index (χ3n) is 13.1. The quantitative estimate of drug-likeness (QED) is 0.164. The Hall–Kier alpha value is -4.62. The highest BCUT2D eigenvalue weighted by atomic mass is 16.6. The number of ether oxygens (including phenoxy) is 1. The van der Waals surface area contributed by atoms with Crippen LogP contribution >= 0.6 is 0 Å². The number of carbonyl (C=O) groups excluding carboxylic acids is 8. The molecule has 14 heteroatoms. The van der Waals surface area contributed by atoms with Crippen LogP contribution in [0.3, 0.4) is 0 Å². The molecule has 1 aromatic carbocycles. The number of ketones is 3. The first-order valence-corrected chi connectivity index (χ1v) is 22.3. The number of hydrogen-bond donors (Lipinski definition) is 2. The predicted molar refractivity (Wildman–Crippen MR) is 227 cm³/mol. The number of nitrogens with one attached hydrogen (secondary N) is 2. The third-order valence-corrected chi connectivity index (χ3v) is 13.1. The van der Waals surface area contributed by atoms with E-state index >= 15 is 0 Å². The van der Waals surface area contributed by atoms with E-state index in [0.717, 1.165) is 36.8 Å². The molecule has 4 fully saturated rings. The molecule has 2 aliphatic carbocycles. The van der Waals surface area contributed by atoms with Crippen LogP contribution < -0.4 is 10.6 Å². The van der Waals surface area contributed by atoms with E-state index in [1.165, 1.54) is 9.80 Å². The van der Waals surface area contributed by atoms with Gasteiger partial charge >= 0.3 is 12.1 Å². The predicted octanol–water partition coefficient (Wildman–Crippen LogP) is 5.77. The molecule has 2 N–H and O–H groups in total. The number of rotatable bonds is 15. The molecule has 14 nitrogen and oxygen atoms in total. The van der Waals surface area contributed by atoms with Gasteiger partial charge in [0.25, 0.3) is 0 Å². The van der Waals surface area contributed by atoms with E-state index in [0.29, 0.717) is 25.9 Å². The number of nitrogens with zero attached hydrogens (tertiary/aromatic N) is 3. The van der Waals surface area contributed by atoms with E-state index in [4.69, 9.17) is 4.74 Å². The van der Waals surface area contributed by atoms with Gasteiger partial charge in [-0.05, 0) is 64.9 Å². The molecule has 3 heterocycles. The summed E-state index contributed by atoms with van der Waals surface area (Å²) >= 11 is 0. The van der Waals surface area contributed by atoms with Gasteiger partial charge in [-0.15, -0.1) is 0 Å². The molecule has 6 amide bonds. The van der Waals surface area contributed by atoms with E-state index in [2.05, 4.69) is 10.6 Å². The molecule has 0 bridgehead atoms. The van der Waals surface area contributed by atoms with Crippen molar-refractivity contribution < 1.29 is 43.1 Å². The van der Waals surface area contributed by atoms with Crippen molar-refractivity contribution in [2.24, 2.45) is 34.0 Å². The van der Waals surface area contributed by atoms with E-state index in [-0.39, 0.29) is 74.6 Å². The molecule has 0 aromatic heterocycles. The molecule has 1 unspecified atom stereocenters. The number of fused-ring (bicyclic) bond motifs is 1. The van der Waals surface area contributed by atoms with E-state index in [1.807, 2.05) is 58.9 Å². The summed E-state index contributed by atoms with van der Waals surface area (Å²) < 4.78 is 6.04. The van der Waals surface area contributed by atoms with Crippen molar-refractivity contribution >= 4 is 47.2 Å². The van der Waals surface area contributed by atoms with E-state index in [9.17, 15) is 38.4 Å². The van der Waals surface area contributed by atoms with Crippen LogP contribution in [0.1, 0.15) is 131 Å². The summed E-state index contributed by atoms with van der Waals surface area (Å²) in [6.45, 7) is 15.4. The Morgan fingerprint density at radius 3 is 2.07 bits per heavy atom. The molecule has 334 valence electrons. The molecule has 5 aliphatic rings. The molecular weight excluding hydrogens is 779 g/mol. The topological polar surface area (TPSA) is 180 Å². The van der Waals surface area contributed by atoms with Crippen molar-refractivity contribution in [3.63, 3.8) is 0 Å². The zero-order valence-electron chi connectivity index (χ0n) is 37.5. The van der Waals surface area contributed by atoms with E-state index in [1.54, 1.807) is 25.7 Å².